The van der Waals surface area contributed by atoms with Crippen molar-refractivity contribution in [2.75, 3.05) is 23.3 Å². The fraction of sp³-hybridized carbons (Fsp3) is 0.576. The molecule has 1 aromatic carbocycles. The van der Waals surface area contributed by atoms with Crippen LogP contribution in [0, 0.1) is 5.92 Å². The van der Waals surface area contributed by atoms with Crippen LogP contribution < -0.4 is 16.8 Å². The van der Waals surface area contributed by atoms with Gasteiger partial charge < -0.3 is 31.0 Å². The molecule has 2 aromatic heterocycles. The number of carbonyl (C=O) groups is 1. The topological polar surface area (TPSA) is 156 Å². The third kappa shape index (κ3) is 6.29. The zero-order valence-corrected chi connectivity index (χ0v) is 27.2. The summed E-state index contributed by atoms with van der Waals surface area (Å²) < 4.78 is 21.3. The molecule has 1 aliphatic carbocycles. The Hall–Kier alpha value is -3.58. The van der Waals surface area contributed by atoms with Crippen LogP contribution in [-0.2, 0) is 24.4 Å². The molecule has 0 bridgehead atoms. The summed E-state index contributed by atoms with van der Waals surface area (Å²) in [5.74, 6) is -0.273. The Morgan fingerprint density at radius 2 is 1.89 bits per heavy atom. The van der Waals surface area contributed by atoms with Gasteiger partial charge in [-0.25, -0.2) is 15.0 Å². The lowest BCUT2D eigenvalue weighted by molar-refractivity contribution is -0.199. The van der Waals surface area contributed by atoms with Gasteiger partial charge in [0, 0.05) is 18.6 Å². The number of anilines is 3. The first kappa shape index (κ1) is 31.4. The highest BCUT2D eigenvalue weighted by molar-refractivity contribution is 6.01. The first-order valence-electron chi connectivity index (χ1n) is 15.8. The molecule has 242 valence electrons. The molecule has 0 unspecified atom stereocenters. The van der Waals surface area contributed by atoms with Gasteiger partial charge in [-0.05, 0) is 75.6 Å². The van der Waals surface area contributed by atoms with E-state index in [1.54, 1.807) is 12.4 Å². The number of imidazole rings is 1. The van der Waals surface area contributed by atoms with Crippen molar-refractivity contribution in [2.24, 2.45) is 5.92 Å². The van der Waals surface area contributed by atoms with Gasteiger partial charge >= 0.3 is 0 Å². The molecule has 0 spiro atoms. The zero-order valence-electron chi connectivity index (χ0n) is 27.2. The number of benzene rings is 1. The summed E-state index contributed by atoms with van der Waals surface area (Å²) in [6, 6.07) is 6.47. The number of hydrogen-bond acceptors (Lipinski definition) is 10. The highest BCUT2D eigenvalue weighted by Crippen LogP contribution is 2.45. The van der Waals surface area contributed by atoms with Crippen LogP contribution >= 0.6 is 0 Å². The number of hydrogen-bond donors (Lipinski definition) is 3. The Balaban J connectivity index is 1.09. The van der Waals surface area contributed by atoms with E-state index in [4.69, 9.17) is 25.7 Å². The van der Waals surface area contributed by atoms with Crippen LogP contribution in [0.25, 0.3) is 11.2 Å². The average Bonchev–Trinajstić information content (AvgIpc) is 3.59. The number of allylic oxidation sites excluding steroid dienone is 1. The molecule has 6 rings (SSSR count). The highest BCUT2D eigenvalue weighted by atomic mass is 16.8. The quantitative estimate of drug-likeness (QED) is 0.244. The van der Waals surface area contributed by atoms with Crippen molar-refractivity contribution in [3.05, 3.63) is 48.6 Å². The summed E-state index contributed by atoms with van der Waals surface area (Å²) in [5, 5.41) is 2.93. The molecule has 3 fully saturated rings. The van der Waals surface area contributed by atoms with E-state index in [-0.39, 0.29) is 29.6 Å². The summed E-state index contributed by atoms with van der Waals surface area (Å²) in [5.41, 5.74) is 15.7. The molecule has 12 nitrogen and oxygen atoms in total. The largest absolute Gasteiger partial charge is 0.397 e. The number of nitrogen functional groups attached to an aromatic ring is 2. The number of amides is 1. The maximum Gasteiger partial charge on any atom is 0.248 e. The summed E-state index contributed by atoms with van der Waals surface area (Å²) in [6.45, 7) is 15.4. The molecule has 2 saturated heterocycles. The van der Waals surface area contributed by atoms with Crippen LogP contribution in [0.5, 0.6) is 0 Å². The minimum absolute atomic E-state index is 0.0115. The molecule has 4 heterocycles. The molecule has 1 saturated carbocycles. The van der Waals surface area contributed by atoms with E-state index in [9.17, 15) is 4.79 Å². The Kier molecular flexibility index (Phi) is 8.13. The van der Waals surface area contributed by atoms with Gasteiger partial charge in [-0.15, -0.1) is 0 Å². The standard InChI is InChI=1S/C33H46N8O4/c1-18(2)40(21-12-19(13-21)8-11-25(42)39-23-10-9-20(14-22(23)34)32(3,4)5)15-24-27-28(45-33(6,7)44-27)31(43-24)41-17-38-26-29(35)36-16-37-30(26)41/h8-11,14,16-19,21,24,27-28,31H,12-13,15,34H2,1-7H3,(H,39,42)(H2,35,36,37)/b11-8-/t19-,21+,24-,27-,28-,31-/m1/s1. The Morgan fingerprint density at radius 3 is 2.58 bits per heavy atom. The number of aromatic nitrogens is 4. The van der Waals surface area contributed by atoms with Gasteiger partial charge in [-0.2, -0.15) is 0 Å². The average molecular weight is 619 g/mol. The molecular weight excluding hydrogens is 572 g/mol. The number of ether oxygens (including phenoxy) is 3. The molecule has 0 radical (unpaired) electrons. The van der Waals surface area contributed by atoms with E-state index in [0.29, 0.717) is 52.9 Å². The number of nitrogens with zero attached hydrogens (tertiary/aromatic N) is 5. The molecule has 12 heteroatoms. The molecular formula is C33H46N8O4. The minimum atomic E-state index is -0.741. The van der Waals surface area contributed by atoms with Crippen LogP contribution in [-0.4, -0.2) is 73.1 Å². The van der Waals surface area contributed by atoms with Gasteiger partial charge in [-0.3, -0.25) is 14.3 Å². The number of carbonyl (C=O) groups excluding carboxylic acids is 1. The molecule has 5 N–H and O–H groups in total. The van der Waals surface area contributed by atoms with Crippen LogP contribution in [0.4, 0.5) is 17.2 Å². The maximum absolute atomic E-state index is 12.7. The lowest BCUT2D eigenvalue weighted by Gasteiger charge is -2.45. The second-order valence-corrected chi connectivity index (χ2v) is 14.3. The Labute approximate surface area is 264 Å². The van der Waals surface area contributed by atoms with Crippen molar-refractivity contribution < 1.29 is 19.0 Å². The summed E-state index contributed by atoms with van der Waals surface area (Å²) in [6.07, 6.45) is 7.39. The Morgan fingerprint density at radius 1 is 1.16 bits per heavy atom. The lowest BCUT2D eigenvalue weighted by Crippen LogP contribution is -2.52. The van der Waals surface area contributed by atoms with E-state index in [0.717, 1.165) is 18.4 Å². The molecule has 45 heavy (non-hydrogen) atoms. The predicted molar refractivity (Wildman–Crippen MR) is 173 cm³/mol. The second kappa shape index (κ2) is 11.7. The molecule has 3 aliphatic rings. The van der Waals surface area contributed by atoms with Crippen molar-refractivity contribution in [2.45, 2.75) is 109 Å². The van der Waals surface area contributed by atoms with E-state index < -0.39 is 12.0 Å². The Bertz CT molecular complexity index is 1590. The third-order valence-electron chi connectivity index (χ3n) is 9.15. The monoisotopic (exact) mass is 618 g/mol. The second-order valence-electron chi connectivity index (χ2n) is 14.3. The molecule has 3 aromatic rings. The lowest BCUT2D eigenvalue weighted by atomic mass is 9.78. The number of fused-ring (bicyclic) bond motifs is 2. The van der Waals surface area contributed by atoms with Crippen molar-refractivity contribution in [1.82, 2.24) is 24.4 Å². The number of nitrogens with two attached hydrogens (primary N) is 2. The van der Waals surface area contributed by atoms with E-state index in [1.165, 1.54) is 6.33 Å². The van der Waals surface area contributed by atoms with E-state index in [1.807, 2.05) is 42.7 Å². The SMILES string of the molecule is CC(C)N(C[C@H]1O[C@@H](n2cnc3c(N)ncnc32)[C@@H]2OC(C)(C)O[C@@H]21)[C@H]1C[C@@H](/C=C\C(=O)Nc2ccc(C(C)(C)C)cc2N)C1. The van der Waals surface area contributed by atoms with E-state index in [2.05, 4.69) is 59.8 Å². The summed E-state index contributed by atoms with van der Waals surface area (Å²) in [4.78, 5) is 28.1. The first-order valence-corrected chi connectivity index (χ1v) is 15.8. The third-order valence-corrected chi connectivity index (χ3v) is 9.15. The van der Waals surface area contributed by atoms with Crippen LogP contribution in [0.2, 0.25) is 0 Å². The minimum Gasteiger partial charge on any atom is -0.397 e. The molecule has 1 amide bonds. The fourth-order valence-corrected chi connectivity index (χ4v) is 6.67. The zero-order chi connectivity index (χ0) is 32.3. The van der Waals surface area contributed by atoms with Crippen molar-refractivity contribution >= 4 is 34.3 Å². The van der Waals surface area contributed by atoms with Crippen LogP contribution in [0.15, 0.2) is 43.0 Å². The van der Waals surface area contributed by atoms with Crippen molar-refractivity contribution in [3.8, 4) is 0 Å². The van der Waals surface area contributed by atoms with Gasteiger partial charge in [0.2, 0.25) is 5.91 Å². The van der Waals surface area contributed by atoms with Gasteiger partial charge in [0.15, 0.2) is 23.5 Å². The van der Waals surface area contributed by atoms with Gasteiger partial charge in [0.05, 0.1) is 17.7 Å². The number of rotatable bonds is 8. The summed E-state index contributed by atoms with van der Waals surface area (Å²) >= 11 is 0. The summed E-state index contributed by atoms with van der Waals surface area (Å²) in [7, 11) is 0. The number of nitrogens with one attached hydrogen (secondary N) is 1. The smallest absolute Gasteiger partial charge is 0.248 e. The van der Waals surface area contributed by atoms with Gasteiger partial charge in [0.25, 0.3) is 0 Å². The van der Waals surface area contributed by atoms with Crippen LogP contribution in [0.1, 0.15) is 73.1 Å². The van der Waals surface area contributed by atoms with E-state index >= 15 is 0 Å². The van der Waals surface area contributed by atoms with Crippen molar-refractivity contribution in [1.29, 1.82) is 0 Å². The highest BCUT2D eigenvalue weighted by Gasteiger charge is 2.56. The first-order chi connectivity index (χ1) is 21.2. The van der Waals surface area contributed by atoms with Gasteiger partial charge in [-0.1, -0.05) is 32.9 Å². The molecule has 4 atom stereocenters. The fourth-order valence-electron chi connectivity index (χ4n) is 6.67. The van der Waals surface area contributed by atoms with Gasteiger partial charge in [0.1, 0.15) is 30.2 Å². The maximum atomic E-state index is 12.7. The van der Waals surface area contributed by atoms with Crippen LogP contribution in [0.3, 0.4) is 0 Å². The van der Waals surface area contributed by atoms with Crippen molar-refractivity contribution in [3.63, 3.8) is 0 Å². The molecule has 2 aliphatic heterocycles. The normalized spacial score (nSPS) is 27.8. The predicted octanol–water partition coefficient (Wildman–Crippen LogP) is 4.39.